The molecule has 0 aromatic heterocycles. The molecule has 3 N–H and O–H groups in total. The van der Waals surface area contributed by atoms with Crippen molar-refractivity contribution >= 4 is 17.4 Å². The van der Waals surface area contributed by atoms with Gasteiger partial charge in [0.25, 0.3) is 0 Å². The molecule has 6 nitrogen and oxygen atoms in total. The predicted molar refractivity (Wildman–Crippen MR) is 105 cm³/mol. The maximum absolute atomic E-state index is 12.7. The highest BCUT2D eigenvalue weighted by atomic mass is 35.5. The first-order chi connectivity index (χ1) is 13.1. The molecule has 1 unspecified atom stereocenters. The third kappa shape index (κ3) is 4.03. The summed E-state index contributed by atoms with van der Waals surface area (Å²) >= 11 is 6.07. The van der Waals surface area contributed by atoms with Crippen LogP contribution >= 0.6 is 11.6 Å². The first kappa shape index (κ1) is 20.3. The molecule has 2 aromatic carbocycles. The van der Waals surface area contributed by atoms with Gasteiger partial charge in [-0.05, 0) is 44.4 Å². The van der Waals surface area contributed by atoms with Crippen LogP contribution in [0, 0.1) is 0 Å². The zero-order valence-electron chi connectivity index (χ0n) is 16.0. The average Bonchev–Trinajstić information content (AvgIpc) is 2.60. The Morgan fingerprint density at radius 1 is 1.25 bits per heavy atom. The second kappa shape index (κ2) is 7.53. The fourth-order valence-corrected chi connectivity index (χ4v) is 3.46. The van der Waals surface area contributed by atoms with Gasteiger partial charge in [-0.25, -0.2) is 0 Å². The van der Waals surface area contributed by atoms with Gasteiger partial charge < -0.3 is 24.8 Å². The lowest BCUT2D eigenvalue weighted by Crippen LogP contribution is -2.23. The number of hydrogen-bond acceptors (Lipinski definition) is 6. The first-order valence-electron chi connectivity index (χ1n) is 8.94. The lowest BCUT2D eigenvalue weighted by atomic mass is 9.90. The molecule has 0 aliphatic carbocycles. The Morgan fingerprint density at radius 2 is 1.96 bits per heavy atom. The van der Waals surface area contributed by atoms with Crippen molar-refractivity contribution in [3.05, 3.63) is 46.0 Å². The summed E-state index contributed by atoms with van der Waals surface area (Å²) in [5, 5.41) is 31.0. The van der Waals surface area contributed by atoms with Crippen molar-refractivity contribution < 1.29 is 29.6 Å². The van der Waals surface area contributed by atoms with Crippen LogP contribution in [0.5, 0.6) is 23.0 Å². The van der Waals surface area contributed by atoms with Gasteiger partial charge in [-0.2, -0.15) is 0 Å². The van der Waals surface area contributed by atoms with E-state index in [1.807, 2.05) is 0 Å². The zero-order chi connectivity index (χ0) is 20.6. The summed E-state index contributed by atoms with van der Waals surface area (Å²) in [5.41, 5.74) is 0.171. The topological polar surface area (TPSA) is 96.2 Å². The van der Waals surface area contributed by atoms with Gasteiger partial charge in [-0.15, -0.1) is 0 Å². The summed E-state index contributed by atoms with van der Waals surface area (Å²) in [7, 11) is 1.50. The molecule has 0 radical (unpaired) electrons. The van der Waals surface area contributed by atoms with E-state index in [9.17, 15) is 20.1 Å². The third-order valence-electron chi connectivity index (χ3n) is 4.78. The summed E-state index contributed by atoms with van der Waals surface area (Å²) in [6, 6.07) is 6.25. The van der Waals surface area contributed by atoms with E-state index in [0.29, 0.717) is 28.3 Å². The molecule has 0 amide bonds. The number of rotatable bonds is 5. The number of aromatic hydroxyl groups is 2. The van der Waals surface area contributed by atoms with Crippen LogP contribution in [0.25, 0.3) is 0 Å². The molecule has 0 spiro atoms. The van der Waals surface area contributed by atoms with Crippen LogP contribution in [0.4, 0.5) is 0 Å². The van der Waals surface area contributed by atoms with Crippen LogP contribution in [-0.4, -0.2) is 33.8 Å². The minimum Gasteiger partial charge on any atom is -0.507 e. The minimum atomic E-state index is -0.959. The van der Waals surface area contributed by atoms with Crippen molar-refractivity contribution in [2.45, 2.75) is 44.8 Å². The first-order valence-corrected chi connectivity index (χ1v) is 9.32. The van der Waals surface area contributed by atoms with E-state index in [1.54, 1.807) is 32.0 Å². The number of hydrogen-bond donors (Lipinski definition) is 3. The number of fused-ring (bicyclic) bond motifs is 1. The second-order valence-electron chi connectivity index (χ2n) is 7.54. The number of carbonyl (C=O) groups excluding carboxylic acids is 1. The number of aliphatic hydroxyl groups is 1. The lowest BCUT2D eigenvalue weighted by molar-refractivity contribution is 0.0706. The summed E-state index contributed by atoms with van der Waals surface area (Å²) < 4.78 is 11.3. The summed E-state index contributed by atoms with van der Waals surface area (Å²) in [4.78, 5) is 12.7. The van der Waals surface area contributed by atoms with Gasteiger partial charge >= 0.3 is 0 Å². The number of ether oxygens (including phenoxy) is 2. The average molecular weight is 407 g/mol. The molecule has 7 heteroatoms. The molecular formula is C21H23ClO6. The largest absolute Gasteiger partial charge is 0.507 e. The van der Waals surface area contributed by atoms with Crippen molar-refractivity contribution in [2.24, 2.45) is 0 Å². The summed E-state index contributed by atoms with van der Waals surface area (Å²) in [6.45, 7) is 3.32. The Hall–Kier alpha value is -2.44. The van der Waals surface area contributed by atoms with Crippen LogP contribution in [-0.2, 0) is 6.42 Å². The van der Waals surface area contributed by atoms with Crippen LogP contribution in [0.2, 0.25) is 5.02 Å². The third-order valence-corrected chi connectivity index (χ3v) is 5.10. The van der Waals surface area contributed by atoms with Gasteiger partial charge in [0.15, 0.2) is 5.78 Å². The minimum absolute atomic E-state index is 0.0288. The Labute approximate surface area is 168 Å². The van der Waals surface area contributed by atoms with Crippen LogP contribution in [0.1, 0.15) is 54.3 Å². The number of halogens is 1. The number of benzene rings is 2. The zero-order valence-corrected chi connectivity index (χ0v) is 16.7. The van der Waals surface area contributed by atoms with E-state index >= 15 is 0 Å². The molecule has 3 rings (SSSR count). The van der Waals surface area contributed by atoms with Gasteiger partial charge in [0.1, 0.15) is 34.7 Å². The Bertz CT molecular complexity index is 916. The number of phenols is 2. The van der Waals surface area contributed by atoms with Gasteiger partial charge in [0, 0.05) is 11.6 Å². The Balaban J connectivity index is 2.03. The molecule has 2 aromatic rings. The van der Waals surface area contributed by atoms with Crippen molar-refractivity contribution in [1.82, 2.24) is 0 Å². The molecule has 1 heterocycles. The molecule has 0 bridgehead atoms. The van der Waals surface area contributed by atoms with Crippen LogP contribution in [0.3, 0.4) is 0 Å². The SMILES string of the molecule is COc1cc(C2CC(=O)c3c(O)cc(O)c(CCC(C)(C)O)c3O2)ccc1Cl. The molecule has 0 saturated carbocycles. The summed E-state index contributed by atoms with van der Waals surface area (Å²) in [6.07, 6.45) is 0.0331. The fraction of sp³-hybridized carbons (Fsp3) is 0.381. The smallest absolute Gasteiger partial charge is 0.174 e. The van der Waals surface area contributed by atoms with Gasteiger partial charge in [0.2, 0.25) is 0 Å². The van der Waals surface area contributed by atoms with Gasteiger partial charge in [-0.3, -0.25) is 4.79 Å². The van der Waals surface area contributed by atoms with Gasteiger partial charge in [-0.1, -0.05) is 17.7 Å². The maximum Gasteiger partial charge on any atom is 0.174 e. The van der Waals surface area contributed by atoms with E-state index in [-0.39, 0.29) is 41.4 Å². The van der Waals surface area contributed by atoms with Crippen molar-refractivity contribution in [3.8, 4) is 23.0 Å². The molecule has 150 valence electrons. The normalized spacial score (nSPS) is 16.5. The van der Waals surface area contributed by atoms with Crippen molar-refractivity contribution in [3.63, 3.8) is 0 Å². The summed E-state index contributed by atoms with van der Waals surface area (Å²) in [5.74, 6) is -0.180. The quantitative estimate of drug-likeness (QED) is 0.689. The van der Waals surface area contributed by atoms with E-state index in [4.69, 9.17) is 21.1 Å². The fourth-order valence-electron chi connectivity index (χ4n) is 3.26. The number of methoxy groups -OCH3 is 1. The molecule has 0 fully saturated rings. The van der Waals surface area contributed by atoms with E-state index in [0.717, 1.165) is 6.07 Å². The molecular weight excluding hydrogens is 384 g/mol. The van der Waals surface area contributed by atoms with Crippen LogP contribution < -0.4 is 9.47 Å². The maximum atomic E-state index is 12.7. The Morgan fingerprint density at radius 3 is 2.61 bits per heavy atom. The van der Waals surface area contributed by atoms with Crippen LogP contribution in [0.15, 0.2) is 24.3 Å². The van der Waals surface area contributed by atoms with Crippen molar-refractivity contribution in [2.75, 3.05) is 7.11 Å². The Kier molecular flexibility index (Phi) is 5.46. The second-order valence-corrected chi connectivity index (χ2v) is 7.94. The standard InChI is InChI=1S/C21H23ClO6/c1-21(2,26)7-6-12-14(23)9-15(24)19-16(25)10-17(28-20(12)19)11-4-5-13(22)18(8-11)27-3/h4-5,8-9,17,23-24,26H,6-7,10H2,1-3H3. The molecule has 1 aliphatic rings. The predicted octanol–water partition coefficient (Wildman–Crippen LogP) is 4.17. The van der Waals surface area contributed by atoms with E-state index in [1.165, 1.54) is 7.11 Å². The molecule has 0 saturated heterocycles. The highest BCUT2D eigenvalue weighted by molar-refractivity contribution is 6.32. The molecule has 1 atom stereocenters. The monoisotopic (exact) mass is 406 g/mol. The number of Topliss-reactive ketones (excluding diaryl/α,β-unsaturated/α-hetero) is 1. The lowest BCUT2D eigenvalue weighted by Gasteiger charge is -2.29. The number of carbonyl (C=O) groups is 1. The molecule has 28 heavy (non-hydrogen) atoms. The molecule has 1 aliphatic heterocycles. The number of phenolic OH excluding ortho intramolecular Hbond substituents is 2. The number of ketones is 1. The van der Waals surface area contributed by atoms with E-state index < -0.39 is 11.7 Å². The highest BCUT2D eigenvalue weighted by Crippen LogP contribution is 2.46. The highest BCUT2D eigenvalue weighted by Gasteiger charge is 2.34. The van der Waals surface area contributed by atoms with Gasteiger partial charge in [0.05, 0.1) is 24.2 Å². The van der Waals surface area contributed by atoms with E-state index in [2.05, 4.69) is 0 Å². The van der Waals surface area contributed by atoms with Crippen molar-refractivity contribution in [1.29, 1.82) is 0 Å².